The lowest BCUT2D eigenvalue weighted by Crippen LogP contribution is -2.39. The minimum atomic E-state index is -0.648. The van der Waals surface area contributed by atoms with Gasteiger partial charge in [0.05, 0.1) is 34.1 Å². The third kappa shape index (κ3) is 5.34. The van der Waals surface area contributed by atoms with Gasteiger partial charge in [-0.2, -0.15) is 0 Å². The van der Waals surface area contributed by atoms with Gasteiger partial charge in [0.15, 0.2) is 4.80 Å². The van der Waals surface area contributed by atoms with Gasteiger partial charge in [0.1, 0.15) is 17.6 Å². The number of furan rings is 1. The van der Waals surface area contributed by atoms with Gasteiger partial charge in [0.2, 0.25) is 0 Å². The molecule has 40 heavy (non-hydrogen) atoms. The molecule has 3 aromatic heterocycles. The molecule has 0 bridgehead atoms. The fraction of sp³-hybridized carbons (Fsp3) is 0.241. The Kier molecular flexibility index (Phi) is 7.93. The molecular weight excluding hydrogens is 572 g/mol. The monoisotopic (exact) mass is 596 g/mol. The number of nitrogens with zero attached hydrogens (tertiary/aromatic N) is 2. The zero-order valence-corrected chi connectivity index (χ0v) is 24.5. The molecule has 1 aliphatic rings. The summed E-state index contributed by atoms with van der Waals surface area (Å²) in [7, 11) is 0. The van der Waals surface area contributed by atoms with Crippen molar-refractivity contribution >= 4 is 52.3 Å². The molecule has 206 valence electrons. The molecule has 1 atom stereocenters. The van der Waals surface area contributed by atoms with Crippen molar-refractivity contribution in [1.82, 2.24) is 4.57 Å². The van der Waals surface area contributed by atoms with Crippen LogP contribution in [0.2, 0.25) is 5.02 Å². The van der Waals surface area contributed by atoms with Crippen molar-refractivity contribution in [3.8, 4) is 11.3 Å². The molecule has 0 saturated heterocycles. The number of allylic oxidation sites excluding steroid dienone is 1. The number of fused-ring (bicyclic) bond motifs is 1. The molecule has 0 aliphatic carbocycles. The zero-order chi connectivity index (χ0) is 28.6. The number of thiophene rings is 1. The number of aromatic nitrogens is 1. The maximum Gasteiger partial charge on any atom is 0.339 e. The molecule has 4 aromatic rings. The van der Waals surface area contributed by atoms with Crippen LogP contribution in [0, 0.1) is 0 Å². The Bertz CT molecular complexity index is 1810. The highest BCUT2D eigenvalue weighted by molar-refractivity contribution is 7.10. The van der Waals surface area contributed by atoms with Gasteiger partial charge < -0.3 is 13.9 Å². The quantitative estimate of drug-likeness (QED) is 0.267. The molecule has 5 rings (SSSR count). The summed E-state index contributed by atoms with van der Waals surface area (Å²) in [6.45, 7) is 7.24. The Labute approximate surface area is 242 Å². The van der Waals surface area contributed by atoms with E-state index in [2.05, 4.69) is 4.99 Å². The highest BCUT2D eigenvalue weighted by Crippen LogP contribution is 2.33. The summed E-state index contributed by atoms with van der Waals surface area (Å²) in [6.07, 6.45) is 1.33. The first-order chi connectivity index (χ1) is 19.2. The Balaban J connectivity index is 1.59. The second kappa shape index (κ2) is 11.4. The lowest BCUT2D eigenvalue weighted by molar-refractivity contribution is -0.139. The Hall–Kier alpha value is -3.73. The van der Waals surface area contributed by atoms with Crippen LogP contribution < -0.4 is 14.9 Å². The van der Waals surface area contributed by atoms with Gasteiger partial charge >= 0.3 is 11.9 Å². The number of rotatable bonds is 7. The molecule has 4 heterocycles. The second-order valence-electron chi connectivity index (χ2n) is 9.16. The summed E-state index contributed by atoms with van der Waals surface area (Å²) in [5, 5.41) is 2.33. The lowest BCUT2D eigenvalue weighted by Gasteiger charge is -2.23. The van der Waals surface area contributed by atoms with E-state index in [-0.39, 0.29) is 18.3 Å². The van der Waals surface area contributed by atoms with E-state index < -0.39 is 18.0 Å². The van der Waals surface area contributed by atoms with E-state index in [9.17, 15) is 14.4 Å². The maximum absolute atomic E-state index is 13.7. The average Bonchev–Trinajstić information content (AvgIpc) is 3.65. The molecule has 0 unspecified atom stereocenters. The number of ether oxygens (including phenoxy) is 2. The largest absolute Gasteiger partial charge is 0.463 e. The summed E-state index contributed by atoms with van der Waals surface area (Å²) in [4.78, 5) is 45.2. The number of hydrogen-bond acceptors (Lipinski definition) is 9. The van der Waals surface area contributed by atoms with E-state index in [1.54, 1.807) is 64.1 Å². The normalized spacial score (nSPS) is 15.2. The lowest BCUT2D eigenvalue weighted by atomic mass is 10.0. The van der Waals surface area contributed by atoms with Crippen LogP contribution in [0.25, 0.3) is 17.4 Å². The average molecular weight is 597 g/mol. The molecular formula is C29H25ClN2O6S2. The topological polar surface area (TPSA) is 100 Å². The second-order valence-corrected chi connectivity index (χ2v) is 11.6. The van der Waals surface area contributed by atoms with Crippen molar-refractivity contribution in [3.05, 3.63) is 100 Å². The zero-order valence-electron chi connectivity index (χ0n) is 22.1. The SMILES string of the molecule is CCOC(=O)C1=C(C)N=c2s/c(=C/c3ccc(-c4cc(Cl)ccc4C(=O)OC(C)C)o3)c(=O)n2[C@H]1c1cccs1. The van der Waals surface area contributed by atoms with E-state index >= 15 is 0 Å². The minimum Gasteiger partial charge on any atom is -0.463 e. The van der Waals surface area contributed by atoms with Crippen LogP contribution in [0.4, 0.5) is 0 Å². The van der Waals surface area contributed by atoms with Crippen LogP contribution in [-0.2, 0) is 14.3 Å². The van der Waals surface area contributed by atoms with Crippen molar-refractivity contribution in [3.63, 3.8) is 0 Å². The van der Waals surface area contributed by atoms with Crippen LogP contribution in [0.3, 0.4) is 0 Å². The van der Waals surface area contributed by atoms with Crippen molar-refractivity contribution in [2.24, 2.45) is 4.99 Å². The van der Waals surface area contributed by atoms with Gasteiger partial charge in [-0.15, -0.1) is 11.3 Å². The minimum absolute atomic E-state index is 0.210. The molecule has 8 nitrogen and oxygen atoms in total. The number of halogens is 1. The highest BCUT2D eigenvalue weighted by atomic mass is 35.5. The van der Waals surface area contributed by atoms with E-state index in [1.807, 2.05) is 17.5 Å². The molecule has 0 radical (unpaired) electrons. The molecule has 0 fully saturated rings. The Morgan fingerprint density at radius 1 is 1.20 bits per heavy atom. The van der Waals surface area contributed by atoms with Gasteiger partial charge in [-0.05, 0) is 69.5 Å². The third-order valence-corrected chi connectivity index (χ3v) is 8.18. The molecule has 1 aliphatic heterocycles. The van der Waals surface area contributed by atoms with Crippen molar-refractivity contribution in [1.29, 1.82) is 0 Å². The fourth-order valence-electron chi connectivity index (χ4n) is 4.39. The maximum atomic E-state index is 13.7. The van der Waals surface area contributed by atoms with Gasteiger partial charge in [-0.3, -0.25) is 9.36 Å². The number of esters is 2. The number of carbonyl (C=O) groups is 2. The first-order valence-corrected chi connectivity index (χ1v) is 14.6. The number of carbonyl (C=O) groups excluding carboxylic acids is 2. The van der Waals surface area contributed by atoms with Crippen molar-refractivity contribution in [2.75, 3.05) is 6.61 Å². The molecule has 1 aromatic carbocycles. The molecule has 0 N–H and O–H groups in total. The number of hydrogen-bond donors (Lipinski definition) is 0. The standard InChI is InChI=1S/C29H25ClN2O6S2/c1-5-36-28(35)24-16(4)31-29-32(25(24)22-7-6-12-39-22)26(33)23(40-29)14-18-9-11-21(38-18)20-13-17(30)8-10-19(20)27(34)37-15(2)3/h6-15,25H,5H2,1-4H3/b23-14+/t25-/m0/s1. The molecule has 0 amide bonds. The summed E-state index contributed by atoms with van der Waals surface area (Å²) < 4.78 is 18.6. The van der Waals surface area contributed by atoms with Crippen LogP contribution >= 0.6 is 34.3 Å². The fourth-order valence-corrected chi connectivity index (χ4v) is 6.41. The molecule has 0 saturated carbocycles. The first-order valence-electron chi connectivity index (χ1n) is 12.5. The van der Waals surface area contributed by atoms with E-state index in [0.29, 0.717) is 48.3 Å². The Morgan fingerprint density at radius 2 is 2.00 bits per heavy atom. The van der Waals surface area contributed by atoms with Crippen LogP contribution in [0.5, 0.6) is 0 Å². The highest BCUT2D eigenvalue weighted by Gasteiger charge is 2.34. The van der Waals surface area contributed by atoms with E-state index in [0.717, 1.165) is 4.88 Å². The van der Waals surface area contributed by atoms with Crippen molar-refractivity contribution < 1.29 is 23.5 Å². The summed E-state index contributed by atoms with van der Waals surface area (Å²) in [6, 6.07) is 11.4. The van der Waals surface area contributed by atoms with Crippen LogP contribution in [0.15, 0.2) is 73.3 Å². The Morgan fingerprint density at radius 3 is 2.70 bits per heavy atom. The van der Waals surface area contributed by atoms with Gasteiger partial charge in [0.25, 0.3) is 5.56 Å². The van der Waals surface area contributed by atoms with Gasteiger partial charge in [0, 0.05) is 21.5 Å². The molecule has 0 spiro atoms. The number of thiazole rings is 1. The predicted molar refractivity (Wildman–Crippen MR) is 154 cm³/mol. The van der Waals surface area contributed by atoms with E-state index in [4.69, 9.17) is 25.5 Å². The summed E-state index contributed by atoms with van der Waals surface area (Å²) in [5.41, 5.74) is 1.33. The first kappa shape index (κ1) is 27.8. The third-order valence-electron chi connectivity index (χ3n) is 6.04. The molecule has 11 heteroatoms. The van der Waals surface area contributed by atoms with Gasteiger partial charge in [-0.1, -0.05) is 29.0 Å². The predicted octanol–water partition coefficient (Wildman–Crippen LogP) is 5.34. The number of benzene rings is 1. The summed E-state index contributed by atoms with van der Waals surface area (Å²) >= 11 is 8.88. The van der Waals surface area contributed by atoms with Crippen molar-refractivity contribution in [2.45, 2.75) is 39.8 Å². The van der Waals surface area contributed by atoms with Gasteiger partial charge in [-0.25, -0.2) is 14.6 Å². The van der Waals surface area contributed by atoms with Crippen LogP contribution in [-0.4, -0.2) is 29.2 Å². The summed E-state index contributed by atoms with van der Waals surface area (Å²) in [5.74, 6) is -0.193. The van der Waals surface area contributed by atoms with E-state index in [1.165, 1.54) is 27.2 Å². The van der Waals surface area contributed by atoms with Crippen LogP contribution in [0.1, 0.15) is 54.7 Å². The smallest absolute Gasteiger partial charge is 0.339 e.